The number of aryl methyl sites for hydroxylation is 2. The van der Waals surface area contributed by atoms with Crippen molar-refractivity contribution in [3.05, 3.63) is 63.2 Å². The minimum absolute atomic E-state index is 0.0266. The zero-order chi connectivity index (χ0) is 17.0. The second-order valence-corrected chi connectivity index (χ2v) is 5.09. The van der Waals surface area contributed by atoms with Crippen LogP contribution >= 0.6 is 0 Å². The Morgan fingerprint density at radius 1 is 1.30 bits per heavy atom. The van der Waals surface area contributed by atoms with Gasteiger partial charge in [0.25, 0.3) is 11.6 Å². The third-order valence-corrected chi connectivity index (χ3v) is 3.56. The normalized spacial score (nSPS) is 10.2. The molecule has 6 heteroatoms. The van der Waals surface area contributed by atoms with Gasteiger partial charge in [-0.05, 0) is 42.7 Å². The summed E-state index contributed by atoms with van der Waals surface area (Å²) in [7, 11) is 1.53. The molecule has 0 aliphatic heterocycles. The van der Waals surface area contributed by atoms with Gasteiger partial charge in [0.15, 0.2) is 0 Å². The molecule has 0 aliphatic carbocycles. The minimum atomic E-state index is -0.431. The Morgan fingerprint density at radius 2 is 2.04 bits per heavy atom. The number of amides is 1. The number of hydrogen-bond donors (Lipinski definition) is 1. The number of ether oxygens (including phenoxy) is 1. The van der Waals surface area contributed by atoms with Crippen LogP contribution in [0.5, 0.6) is 5.75 Å². The topological polar surface area (TPSA) is 81.5 Å². The summed E-state index contributed by atoms with van der Waals surface area (Å²) in [5, 5.41) is 13.8. The molecule has 0 saturated heterocycles. The predicted octanol–water partition coefficient (Wildman–Crippen LogP) is 3.73. The second-order valence-electron chi connectivity index (χ2n) is 5.09. The van der Waals surface area contributed by atoms with Crippen LogP contribution in [0.3, 0.4) is 0 Å². The second kappa shape index (κ2) is 6.91. The molecule has 0 saturated carbocycles. The number of non-ortho nitro benzene ring substituents is 1. The average molecular weight is 314 g/mol. The fourth-order valence-corrected chi connectivity index (χ4v) is 2.35. The summed E-state index contributed by atoms with van der Waals surface area (Å²) < 4.78 is 5.11. The number of carbonyl (C=O) groups excluding carboxylic acids is 1. The van der Waals surface area contributed by atoms with E-state index in [0.29, 0.717) is 29.0 Å². The number of methoxy groups -OCH3 is 1. The van der Waals surface area contributed by atoms with E-state index in [0.717, 1.165) is 5.56 Å². The predicted molar refractivity (Wildman–Crippen MR) is 88.2 cm³/mol. The number of nitro groups is 1. The zero-order valence-electron chi connectivity index (χ0n) is 13.3. The maximum Gasteiger partial charge on any atom is 0.270 e. The van der Waals surface area contributed by atoms with Crippen molar-refractivity contribution in [2.75, 3.05) is 12.4 Å². The molecule has 0 radical (unpaired) electrons. The third-order valence-electron chi connectivity index (χ3n) is 3.56. The van der Waals surface area contributed by atoms with E-state index in [-0.39, 0.29) is 11.6 Å². The number of nitro benzene ring substituents is 1. The van der Waals surface area contributed by atoms with Crippen molar-refractivity contribution in [2.45, 2.75) is 20.3 Å². The molecule has 0 bridgehead atoms. The number of nitrogens with zero attached hydrogens (tertiary/aromatic N) is 1. The first kappa shape index (κ1) is 16.5. The standard InChI is InChI=1S/C17H18N2O4/c1-4-12-9-14(19(21)22)8-11(2)16(12)18-17(20)13-6-5-7-15(10-13)23-3/h5-10H,4H2,1-3H3,(H,18,20). The molecule has 0 heterocycles. The Bertz CT molecular complexity index is 756. The number of benzene rings is 2. The first-order valence-corrected chi connectivity index (χ1v) is 7.19. The van der Waals surface area contributed by atoms with Gasteiger partial charge in [0, 0.05) is 23.4 Å². The van der Waals surface area contributed by atoms with Gasteiger partial charge in [0.1, 0.15) is 5.75 Å². The lowest BCUT2D eigenvalue weighted by molar-refractivity contribution is -0.384. The molecule has 1 amide bonds. The van der Waals surface area contributed by atoms with Crippen LogP contribution in [-0.4, -0.2) is 17.9 Å². The Balaban J connectivity index is 2.35. The number of rotatable bonds is 5. The van der Waals surface area contributed by atoms with Crippen molar-refractivity contribution in [3.8, 4) is 5.75 Å². The van der Waals surface area contributed by atoms with E-state index < -0.39 is 4.92 Å². The molecule has 0 aromatic heterocycles. The lowest BCUT2D eigenvalue weighted by Gasteiger charge is -2.13. The highest BCUT2D eigenvalue weighted by atomic mass is 16.6. The maximum atomic E-state index is 12.4. The SMILES string of the molecule is CCc1cc([N+](=O)[O-])cc(C)c1NC(=O)c1cccc(OC)c1. The Labute approximate surface area is 134 Å². The summed E-state index contributed by atoms with van der Waals surface area (Å²) in [5.74, 6) is 0.310. The maximum absolute atomic E-state index is 12.4. The highest BCUT2D eigenvalue weighted by molar-refractivity contribution is 6.05. The molecular weight excluding hydrogens is 296 g/mol. The molecule has 0 spiro atoms. The largest absolute Gasteiger partial charge is 0.497 e. The molecule has 1 N–H and O–H groups in total. The molecule has 120 valence electrons. The van der Waals surface area contributed by atoms with Gasteiger partial charge in [-0.3, -0.25) is 14.9 Å². The van der Waals surface area contributed by atoms with Gasteiger partial charge in [0.2, 0.25) is 0 Å². The first-order valence-electron chi connectivity index (χ1n) is 7.19. The third kappa shape index (κ3) is 3.66. The van der Waals surface area contributed by atoms with Gasteiger partial charge in [-0.25, -0.2) is 0 Å². The number of hydrogen-bond acceptors (Lipinski definition) is 4. The van der Waals surface area contributed by atoms with Crippen LogP contribution in [-0.2, 0) is 6.42 Å². The van der Waals surface area contributed by atoms with Crippen molar-refractivity contribution in [1.82, 2.24) is 0 Å². The molecule has 2 aromatic carbocycles. The quantitative estimate of drug-likeness (QED) is 0.673. The summed E-state index contributed by atoms with van der Waals surface area (Å²) in [6.45, 7) is 3.63. The zero-order valence-corrected chi connectivity index (χ0v) is 13.3. The van der Waals surface area contributed by atoms with Gasteiger partial charge in [-0.15, -0.1) is 0 Å². The summed E-state index contributed by atoms with van der Waals surface area (Å²) in [6.07, 6.45) is 0.580. The van der Waals surface area contributed by atoms with Crippen molar-refractivity contribution in [2.24, 2.45) is 0 Å². The van der Waals surface area contributed by atoms with Gasteiger partial charge in [0.05, 0.1) is 12.0 Å². The van der Waals surface area contributed by atoms with Gasteiger partial charge in [-0.1, -0.05) is 13.0 Å². The highest BCUT2D eigenvalue weighted by Gasteiger charge is 2.16. The average Bonchev–Trinajstić information content (AvgIpc) is 2.56. The summed E-state index contributed by atoms with van der Waals surface area (Å²) in [5.41, 5.74) is 2.49. The molecule has 0 aliphatic rings. The number of carbonyl (C=O) groups is 1. The van der Waals surface area contributed by atoms with Crippen molar-refractivity contribution < 1.29 is 14.5 Å². The van der Waals surface area contributed by atoms with E-state index in [1.807, 2.05) is 6.92 Å². The molecule has 6 nitrogen and oxygen atoms in total. The number of anilines is 1. The Hall–Kier alpha value is -2.89. The van der Waals surface area contributed by atoms with Crippen LogP contribution < -0.4 is 10.1 Å². The van der Waals surface area contributed by atoms with Crippen molar-refractivity contribution in [3.63, 3.8) is 0 Å². The summed E-state index contributed by atoms with van der Waals surface area (Å²) >= 11 is 0. The molecule has 0 atom stereocenters. The smallest absolute Gasteiger partial charge is 0.270 e. The monoisotopic (exact) mass is 314 g/mol. The Kier molecular flexibility index (Phi) is 4.95. The van der Waals surface area contributed by atoms with Crippen LogP contribution in [0, 0.1) is 17.0 Å². The van der Waals surface area contributed by atoms with E-state index in [9.17, 15) is 14.9 Å². The van der Waals surface area contributed by atoms with Crippen LogP contribution in [0.25, 0.3) is 0 Å². The van der Waals surface area contributed by atoms with Crippen molar-refractivity contribution >= 4 is 17.3 Å². The Morgan fingerprint density at radius 3 is 2.65 bits per heavy atom. The van der Waals surface area contributed by atoms with Crippen LogP contribution in [0.2, 0.25) is 0 Å². The molecule has 0 fully saturated rings. The van der Waals surface area contributed by atoms with E-state index in [4.69, 9.17) is 4.74 Å². The van der Waals surface area contributed by atoms with E-state index in [1.165, 1.54) is 19.2 Å². The van der Waals surface area contributed by atoms with Crippen LogP contribution in [0.1, 0.15) is 28.4 Å². The molecule has 0 unspecified atom stereocenters. The van der Waals surface area contributed by atoms with Crippen LogP contribution in [0.15, 0.2) is 36.4 Å². The van der Waals surface area contributed by atoms with Crippen LogP contribution in [0.4, 0.5) is 11.4 Å². The fraction of sp³-hybridized carbons (Fsp3) is 0.235. The lowest BCUT2D eigenvalue weighted by atomic mass is 10.0. The highest BCUT2D eigenvalue weighted by Crippen LogP contribution is 2.28. The van der Waals surface area contributed by atoms with E-state index in [1.54, 1.807) is 31.2 Å². The first-order chi connectivity index (χ1) is 11.0. The summed E-state index contributed by atoms with van der Waals surface area (Å²) in [4.78, 5) is 22.9. The van der Waals surface area contributed by atoms with Crippen molar-refractivity contribution in [1.29, 1.82) is 0 Å². The molecule has 2 aromatic rings. The minimum Gasteiger partial charge on any atom is -0.497 e. The lowest BCUT2D eigenvalue weighted by Crippen LogP contribution is -2.14. The molecular formula is C17H18N2O4. The summed E-state index contributed by atoms with van der Waals surface area (Å²) in [6, 6.07) is 9.77. The fourth-order valence-electron chi connectivity index (χ4n) is 2.35. The molecule has 2 rings (SSSR count). The van der Waals surface area contributed by atoms with E-state index in [2.05, 4.69) is 5.32 Å². The number of nitrogens with one attached hydrogen (secondary N) is 1. The van der Waals surface area contributed by atoms with E-state index >= 15 is 0 Å². The van der Waals surface area contributed by atoms with Gasteiger partial charge < -0.3 is 10.1 Å². The van der Waals surface area contributed by atoms with Gasteiger partial charge in [-0.2, -0.15) is 0 Å². The molecule has 23 heavy (non-hydrogen) atoms. The van der Waals surface area contributed by atoms with Gasteiger partial charge >= 0.3 is 0 Å².